The molecule has 3 rings (SSSR count). The average molecular weight is 295 g/mol. The summed E-state index contributed by atoms with van der Waals surface area (Å²) in [5, 5.41) is 9.47. The Labute approximate surface area is 125 Å². The van der Waals surface area contributed by atoms with Crippen LogP contribution in [0.15, 0.2) is 30.3 Å². The van der Waals surface area contributed by atoms with E-state index in [0.717, 1.165) is 4.90 Å². The minimum absolute atomic E-state index is 0.00669. The van der Waals surface area contributed by atoms with E-state index in [1.165, 1.54) is 37.4 Å². The third kappa shape index (κ3) is 1.86. The maximum absolute atomic E-state index is 12.4. The number of benzene rings is 1. The number of methoxy groups -OCH3 is 1. The van der Waals surface area contributed by atoms with E-state index < -0.39 is 11.8 Å². The van der Waals surface area contributed by atoms with Crippen LogP contribution in [-0.2, 0) is 0 Å². The van der Waals surface area contributed by atoms with E-state index in [9.17, 15) is 14.7 Å². The van der Waals surface area contributed by atoms with Crippen LogP contribution in [0.1, 0.15) is 20.7 Å². The van der Waals surface area contributed by atoms with Crippen LogP contribution in [0.25, 0.3) is 4.85 Å². The third-order valence-corrected chi connectivity index (χ3v) is 3.24. The van der Waals surface area contributed by atoms with Crippen LogP contribution in [-0.4, -0.2) is 29.0 Å². The smallest absolute Gasteiger partial charge is 0.334 e. The molecular formula is C15H9N3O4. The summed E-state index contributed by atoms with van der Waals surface area (Å²) in [4.78, 5) is 32.9. The largest absolute Gasteiger partial charge is 0.508 e. The maximum Gasteiger partial charge on any atom is 0.334 e. The quantitative estimate of drug-likeness (QED) is 0.678. The number of aromatic nitrogens is 1. The molecule has 1 N–H and O–H groups in total. The first-order valence-electron chi connectivity index (χ1n) is 6.21. The number of aromatic hydroxyl groups is 1. The lowest BCUT2D eigenvalue weighted by Crippen LogP contribution is -2.29. The van der Waals surface area contributed by atoms with E-state index in [2.05, 4.69) is 9.83 Å². The molecule has 7 nitrogen and oxygen atoms in total. The first-order chi connectivity index (χ1) is 10.6. The fourth-order valence-electron chi connectivity index (χ4n) is 2.25. The standard InChI is InChI=1S/C15H9N3O4/c1-16-12-6-5-11(13(17-12)22-2)18-14(20)9-4-3-8(19)7-10(9)15(18)21/h3-7,19H,2H3. The molecule has 0 fully saturated rings. The molecule has 108 valence electrons. The van der Waals surface area contributed by atoms with Crippen molar-refractivity contribution in [1.29, 1.82) is 0 Å². The number of amides is 2. The van der Waals surface area contributed by atoms with E-state index in [0.29, 0.717) is 0 Å². The molecule has 2 heterocycles. The van der Waals surface area contributed by atoms with Gasteiger partial charge in [0.15, 0.2) is 0 Å². The second-order valence-electron chi connectivity index (χ2n) is 4.49. The highest BCUT2D eigenvalue weighted by atomic mass is 16.5. The molecule has 0 saturated heterocycles. The number of phenolic OH excluding ortho intramolecular Hbond substituents is 1. The van der Waals surface area contributed by atoms with Crippen molar-refractivity contribution in [3.05, 3.63) is 52.9 Å². The van der Waals surface area contributed by atoms with Crippen LogP contribution >= 0.6 is 0 Å². The lowest BCUT2D eigenvalue weighted by Gasteiger charge is -2.14. The Balaban J connectivity index is 2.14. The number of pyridine rings is 1. The molecule has 0 aliphatic carbocycles. The molecule has 1 aromatic heterocycles. The molecular weight excluding hydrogens is 286 g/mol. The Kier molecular flexibility index (Phi) is 3.00. The number of rotatable bonds is 2. The van der Waals surface area contributed by atoms with Gasteiger partial charge in [-0.3, -0.25) is 9.59 Å². The Morgan fingerprint density at radius 3 is 2.59 bits per heavy atom. The summed E-state index contributed by atoms with van der Waals surface area (Å²) in [6.07, 6.45) is 0. The molecule has 1 aliphatic heterocycles. The summed E-state index contributed by atoms with van der Waals surface area (Å²) >= 11 is 0. The van der Waals surface area contributed by atoms with Crippen LogP contribution in [0.4, 0.5) is 11.5 Å². The lowest BCUT2D eigenvalue weighted by molar-refractivity contribution is 0.0925. The minimum atomic E-state index is -0.577. The number of hydrogen-bond donors (Lipinski definition) is 1. The second-order valence-corrected chi connectivity index (χ2v) is 4.49. The number of nitrogens with zero attached hydrogens (tertiary/aromatic N) is 3. The molecule has 0 bridgehead atoms. The molecule has 1 aromatic carbocycles. The highest BCUT2D eigenvalue weighted by Gasteiger charge is 2.39. The number of fused-ring (bicyclic) bond motifs is 1. The van der Waals surface area contributed by atoms with Crippen molar-refractivity contribution in [2.24, 2.45) is 0 Å². The zero-order valence-electron chi connectivity index (χ0n) is 11.4. The molecule has 22 heavy (non-hydrogen) atoms. The normalized spacial score (nSPS) is 13.0. The Morgan fingerprint density at radius 1 is 1.18 bits per heavy atom. The number of anilines is 1. The van der Waals surface area contributed by atoms with Gasteiger partial charge in [0.1, 0.15) is 11.4 Å². The van der Waals surface area contributed by atoms with Gasteiger partial charge < -0.3 is 14.7 Å². The van der Waals surface area contributed by atoms with Gasteiger partial charge in [0, 0.05) is 0 Å². The third-order valence-electron chi connectivity index (χ3n) is 3.24. The zero-order chi connectivity index (χ0) is 15.9. The molecule has 0 atom stereocenters. The van der Waals surface area contributed by atoms with Crippen molar-refractivity contribution >= 4 is 23.3 Å². The van der Waals surface area contributed by atoms with E-state index in [1.807, 2.05) is 0 Å². The molecule has 2 amide bonds. The van der Waals surface area contributed by atoms with Crippen LogP contribution in [0.2, 0.25) is 0 Å². The number of carbonyl (C=O) groups is 2. The fourth-order valence-corrected chi connectivity index (χ4v) is 2.25. The van der Waals surface area contributed by atoms with Crippen molar-refractivity contribution in [2.75, 3.05) is 12.0 Å². The molecule has 0 radical (unpaired) electrons. The topological polar surface area (TPSA) is 84.1 Å². The minimum Gasteiger partial charge on any atom is -0.508 e. The van der Waals surface area contributed by atoms with Crippen molar-refractivity contribution < 1.29 is 19.4 Å². The predicted molar refractivity (Wildman–Crippen MR) is 76.3 cm³/mol. The summed E-state index contributed by atoms with van der Waals surface area (Å²) < 4.78 is 5.07. The molecule has 0 saturated carbocycles. The van der Waals surface area contributed by atoms with Gasteiger partial charge in [-0.2, -0.15) is 0 Å². The Morgan fingerprint density at radius 2 is 1.91 bits per heavy atom. The summed E-state index contributed by atoms with van der Waals surface area (Å²) in [7, 11) is 1.34. The van der Waals surface area contributed by atoms with E-state index in [-0.39, 0.29) is 34.3 Å². The molecule has 0 unspecified atom stereocenters. The average Bonchev–Trinajstić information content (AvgIpc) is 2.77. The second kappa shape index (κ2) is 4.86. The van der Waals surface area contributed by atoms with E-state index in [1.54, 1.807) is 0 Å². The predicted octanol–water partition coefficient (Wildman–Crippen LogP) is 2.15. The highest BCUT2D eigenvalue weighted by molar-refractivity contribution is 6.34. The summed E-state index contributed by atoms with van der Waals surface area (Å²) in [5.74, 6) is -1.11. The van der Waals surface area contributed by atoms with Gasteiger partial charge in [-0.1, -0.05) is 11.6 Å². The van der Waals surface area contributed by atoms with Crippen LogP contribution in [0.3, 0.4) is 0 Å². The van der Waals surface area contributed by atoms with Crippen LogP contribution in [0.5, 0.6) is 11.6 Å². The maximum atomic E-state index is 12.4. The van der Waals surface area contributed by atoms with Gasteiger partial charge in [0.25, 0.3) is 17.6 Å². The molecule has 1 aliphatic rings. The van der Waals surface area contributed by atoms with Crippen LogP contribution < -0.4 is 9.64 Å². The molecule has 7 heteroatoms. The first-order valence-corrected chi connectivity index (χ1v) is 6.21. The first kappa shape index (κ1) is 13.6. The fraction of sp³-hybridized carbons (Fsp3) is 0.0667. The van der Waals surface area contributed by atoms with Crippen LogP contribution in [0, 0.1) is 6.57 Å². The van der Waals surface area contributed by atoms with Gasteiger partial charge >= 0.3 is 5.88 Å². The van der Waals surface area contributed by atoms with Gasteiger partial charge in [-0.25, -0.2) is 4.90 Å². The Hall–Kier alpha value is -3.40. The number of imide groups is 1. The summed E-state index contributed by atoms with van der Waals surface area (Å²) in [6.45, 7) is 6.94. The number of phenols is 1. The number of ether oxygens (including phenoxy) is 1. The molecule has 2 aromatic rings. The highest BCUT2D eigenvalue weighted by Crippen LogP contribution is 2.35. The SMILES string of the molecule is [C-]#[N+]c1ccc(N2C(=O)c3ccc(O)cc3C2=O)c(OC)n1. The Bertz CT molecular complexity index is 854. The van der Waals surface area contributed by atoms with Crippen molar-refractivity contribution in [3.8, 4) is 11.6 Å². The van der Waals surface area contributed by atoms with Gasteiger partial charge in [0.05, 0.1) is 18.2 Å². The monoisotopic (exact) mass is 295 g/mol. The molecule has 0 spiro atoms. The van der Waals surface area contributed by atoms with Gasteiger partial charge in [-0.05, 0) is 30.3 Å². The van der Waals surface area contributed by atoms with E-state index in [4.69, 9.17) is 11.3 Å². The lowest BCUT2D eigenvalue weighted by atomic mass is 10.1. The van der Waals surface area contributed by atoms with Crippen molar-refractivity contribution in [2.45, 2.75) is 0 Å². The van der Waals surface area contributed by atoms with Gasteiger partial charge in [-0.15, -0.1) is 0 Å². The van der Waals surface area contributed by atoms with Crippen molar-refractivity contribution in [1.82, 2.24) is 4.98 Å². The van der Waals surface area contributed by atoms with Crippen molar-refractivity contribution in [3.63, 3.8) is 0 Å². The van der Waals surface area contributed by atoms with Gasteiger partial charge in [0.2, 0.25) is 0 Å². The zero-order valence-corrected chi connectivity index (χ0v) is 11.4. The summed E-state index contributed by atoms with van der Waals surface area (Å²) in [6, 6.07) is 6.79. The number of carbonyl (C=O) groups excluding carboxylic acids is 2. The number of hydrogen-bond acceptors (Lipinski definition) is 5. The summed E-state index contributed by atoms with van der Waals surface area (Å²) in [5.41, 5.74) is 0.459. The van der Waals surface area contributed by atoms with E-state index >= 15 is 0 Å².